The van der Waals surface area contributed by atoms with E-state index in [0.717, 1.165) is 0 Å². The number of carbonyl (C=O) groups is 3. The summed E-state index contributed by atoms with van der Waals surface area (Å²) in [5.74, 6) is -1.58. The number of rotatable bonds is 4. The lowest BCUT2D eigenvalue weighted by Crippen LogP contribution is -2.47. The number of esters is 1. The quantitative estimate of drug-likeness (QED) is 0.667. The van der Waals surface area contributed by atoms with E-state index in [1.54, 1.807) is 43.3 Å². The second kappa shape index (κ2) is 7.78. The fourth-order valence-corrected chi connectivity index (χ4v) is 3.16. The Balaban J connectivity index is 1.51. The molecule has 1 atom stereocenters. The zero-order valence-electron chi connectivity index (χ0n) is 16.4. The average molecular weight is 405 g/mol. The van der Waals surface area contributed by atoms with Crippen LogP contribution in [-0.2, 0) is 14.3 Å². The summed E-state index contributed by atoms with van der Waals surface area (Å²) in [7, 11) is 0. The monoisotopic (exact) mass is 405 g/mol. The van der Waals surface area contributed by atoms with Gasteiger partial charge in [-0.15, -0.1) is 5.10 Å². The number of carbonyl (C=O) groups excluding carboxylic acids is 3. The van der Waals surface area contributed by atoms with Crippen LogP contribution >= 0.6 is 0 Å². The van der Waals surface area contributed by atoms with Crippen LogP contribution < -0.4 is 10.2 Å². The molecule has 0 saturated heterocycles. The molecule has 1 N–H and O–H groups in total. The Hall–Kier alpha value is -4.01. The van der Waals surface area contributed by atoms with Crippen LogP contribution in [-0.4, -0.2) is 45.4 Å². The van der Waals surface area contributed by atoms with Crippen LogP contribution in [0.4, 0.5) is 11.4 Å². The molecule has 1 aliphatic heterocycles. The molecule has 3 aromatic rings. The first-order chi connectivity index (χ1) is 14.4. The first-order valence-electron chi connectivity index (χ1n) is 9.34. The second-order valence-corrected chi connectivity index (χ2v) is 6.80. The normalized spacial score (nSPS) is 13.9. The average Bonchev–Trinajstić information content (AvgIpc) is 3.15. The number of nitrogens with one attached hydrogen (secondary N) is 1. The molecular weight excluding hydrogens is 386 g/mol. The van der Waals surface area contributed by atoms with Crippen molar-refractivity contribution in [2.45, 2.75) is 20.0 Å². The standard InChI is InChI=1S/C21H19N5O4/c1-13-19(24-26(23-13)15-8-4-3-5-9-15)21(29)30-14(2)20(28)25-12-18(27)22-16-10-6-7-11-17(16)25/h3-11,14H,12H2,1-2H3,(H,22,27)/t14-/m0/s1. The van der Waals surface area contributed by atoms with E-state index in [1.165, 1.54) is 16.6 Å². The van der Waals surface area contributed by atoms with E-state index >= 15 is 0 Å². The number of aryl methyl sites for hydroxylation is 1. The number of fused-ring (bicyclic) bond motifs is 1. The summed E-state index contributed by atoms with van der Waals surface area (Å²) in [6.45, 7) is 2.95. The third-order valence-electron chi connectivity index (χ3n) is 4.63. The van der Waals surface area contributed by atoms with Gasteiger partial charge >= 0.3 is 5.97 Å². The fourth-order valence-electron chi connectivity index (χ4n) is 3.16. The van der Waals surface area contributed by atoms with Crippen molar-refractivity contribution in [1.82, 2.24) is 15.0 Å². The molecule has 0 radical (unpaired) electrons. The van der Waals surface area contributed by atoms with Crippen molar-refractivity contribution >= 4 is 29.2 Å². The molecule has 1 aromatic heterocycles. The SMILES string of the molecule is Cc1nn(-c2ccccc2)nc1C(=O)O[C@@H](C)C(=O)N1CC(=O)Nc2ccccc21. The minimum Gasteiger partial charge on any atom is -0.448 e. The van der Waals surface area contributed by atoms with Gasteiger partial charge in [-0.1, -0.05) is 30.3 Å². The molecular formula is C21H19N5O4. The van der Waals surface area contributed by atoms with Gasteiger partial charge in [0.05, 0.1) is 22.8 Å². The lowest BCUT2D eigenvalue weighted by Gasteiger charge is -2.30. The molecule has 0 aliphatic carbocycles. The van der Waals surface area contributed by atoms with E-state index in [2.05, 4.69) is 15.5 Å². The third-order valence-corrected chi connectivity index (χ3v) is 4.63. The van der Waals surface area contributed by atoms with Crippen LogP contribution in [0.3, 0.4) is 0 Å². The molecule has 9 nitrogen and oxygen atoms in total. The van der Waals surface area contributed by atoms with Gasteiger partial charge in [-0.05, 0) is 38.1 Å². The van der Waals surface area contributed by atoms with Gasteiger partial charge in [0.25, 0.3) is 5.91 Å². The van der Waals surface area contributed by atoms with Gasteiger partial charge in [0.1, 0.15) is 6.54 Å². The summed E-state index contributed by atoms with van der Waals surface area (Å²) < 4.78 is 5.35. The predicted octanol–water partition coefficient (Wildman–Crippen LogP) is 2.11. The number of benzene rings is 2. The molecule has 1 aliphatic rings. The second-order valence-electron chi connectivity index (χ2n) is 6.80. The molecule has 0 fully saturated rings. The molecule has 0 unspecified atom stereocenters. The molecule has 2 aromatic carbocycles. The maximum atomic E-state index is 12.9. The first kappa shape index (κ1) is 19.3. The summed E-state index contributed by atoms with van der Waals surface area (Å²) in [5.41, 5.74) is 2.18. The number of ether oxygens (including phenoxy) is 1. The van der Waals surface area contributed by atoms with Gasteiger partial charge in [-0.25, -0.2) is 4.79 Å². The summed E-state index contributed by atoms with van der Waals surface area (Å²) in [6.07, 6.45) is -1.11. The molecule has 0 spiro atoms. The Bertz CT molecular complexity index is 1130. The van der Waals surface area contributed by atoms with Crippen LogP contribution in [0.25, 0.3) is 5.69 Å². The summed E-state index contributed by atoms with van der Waals surface area (Å²) in [4.78, 5) is 40.1. The van der Waals surface area contributed by atoms with E-state index < -0.39 is 18.0 Å². The lowest BCUT2D eigenvalue weighted by atomic mass is 10.1. The smallest absolute Gasteiger partial charge is 0.361 e. The Morgan fingerprint density at radius 2 is 1.77 bits per heavy atom. The van der Waals surface area contributed by atoms with Crippen LogP contribution in [0.5, 0.6) is 0 Å². The Labute approximate surface area is 172 Å². The van der Waals surface area contributed by atoms with Crippen LogP contribution in [0, 0.1) is 6.92 Å². The summed E-state index contributed by atoms with van der Waals surface area (Å²) in [6, 6.07) is 16.1. The van der Waals surface area contributed by atoms with Gasteiger partial charge in [-0.2, -0.15) is 9.90 Å². The van der Waals surface area contributed by atoms with Crippen LogP contribution in [0.1, 0.15) is 23.1 Å². The number of amides is 2. The van der Waals surface area contributed by atoms with Crippen molar-refractivity contribution in [3.05, 3.63) is 66.0 Å². The molecule has 0 saturated carbocycles. The Kier molecular flexibility index (Phi) is 5.01. The predicted molar refractivity (Wildman–Crippen MR) is 108 cm³/mol. The van der Waals surface area contributed by atoms with Gasteiger partial charge in [0, 0.05) is 0 Å². The summed E-state index contributed by atoms with van der Waals surface area (Å²) in [5, 5.41) is 11.1. The zero-order valence-corrected chi connectivity index (χ0v) is 16.4. The van der Waals surface area contributed by atoms with Crippen molar-refractivity contribution in [2.75, 3.05) is 16.8 Å². The largest absolute Gasteiger partial charge is 0.448 e. The lowest BCUT2D eigenvalue weighted by molar-refractivity contribution is -0.128. The summed E-state index contributed by atoms with van der Waals surface area (Å²) >= 11 is 0. The fraction of sp³-hybridized carbons (Fsp3) is 0.190. The molecule has 4 rings (SSSR count). The third kappa shape index (κ3) is 3.64. The Morgan fingerprint density at radius 1 is 1.07 bits per heavy atom. The number of aromatic nitrogens is 3. The first-order valence-corrected chi connectivity index (χ1v) is 9.34. The minimum absolute atomic E-state index is 0.0234. The van der Waals surface area contributed by atoms with Crippen molar-refractivity contribution in [2.24, 2.45) is 0 Å². The highest BCUT2D eigenvalue weighted by atomic mass is 16.5. The number of anilines is 2. The maximum Gasteiger partial charge on any atom is 0.361 e. The number of para-hydroxylation sites is 3. The molecule has 2 amide bonds. The molecule has 30 heavy (non-hydrogen) atoms. The van der Waals surface area contributed by atoms with E-state index in [4.69, 9.17) is 4.74 Å². The number of hydrogen-bond acceptors (Lipinski definition) is 6. The van der Waals surface area contributed by atoms with Crippen LogP contribution in [0.15, 0.2) is 54.6 Å². The highest BCUT2D eigenvalue weighted by Crippen LogP contribution is 2.29. The van der Waals surface area contributed by atoms with E-state index in [-0.39, 0.29) is 18.1 Å². The zero-order chi connectivity index (χ0) is 21.3. The van der Waals surface area contributed by atoms with Crippen molar-refractivity contribution < 1.29 is 19.1 Å². The van der Waals surface area contributed by atoms with E-state index in [1.807, 2.05) is 18.2 Å². The number of nitrogens with zero attached hydrogens (tertiary/aromatic N) is 4. The molecule has 0 bridgehead atoms. The van der Waals surface area contributed by atoms with Crippen molar-refractivity contribution in [3.63, 3.8) is 0 Å². The van der Waals surface area contributed by atoms with Gasteiger partial charge in [0.15, 0.2) is 11.8 Å². The molecule has 2 heterocycles. The maximum absolute atomic E-state index is 12.9. The van der Waals surface area contributed by atoms with Gasteiger partial charge in [0.2, 0.25) is 5.91 Å². The molecule has 9 heteroatoms. The van der Waals surface area contributed by atoms with Gasteiger partial charge in [-0.3, -0.25) is 14.5 Å². The highest BCUT2D eigenvalue weighted by molar-refractivity contribution is 6.11. The minimum atomic E-state index is -1.11. The molecule has 152 valence electrons. The van der Waals surface area contributed by atoms with E-state index in [0.29, 0.717) is 22.8 Å². The van der Waals surface area contributed by atoms with Crippen molar-refractivity contribution in [1.29, 1.82) is 0 Å². The number of hydrogen-bond donors (Lipinski definition) is 1. The Morgan fingerprint density at radius 3 is 2.53 bits per heavy atom. The highest BCUT2D eigenvalue weighted by Gasteiger charge is 2.32. The van der Waals surface area contributed by atoms with E-state index in [9.17, 15) is 14.4 Å². The van der Waals surface area contributed by atoms with Crippen LogP contribution in [0.2, 0.25) is 0 Å². The van der Waals surface area contributed by atoms with Crippen molar-refractivity contribution in [3.8, 4) is 5.69 Å². The topological polar surface area (TPSA) is 106 Å². The van der Waals surface area contributed by atoms with Gasteiger partial charge < -0.3 is 10.1 Å².